The van der Waals surface area contributed by atoms with E-state index in [0.29, 0.717) is 41.5 Å². The molecule has 0 aromatic heterocycles. The number of ether oxygens (including phenoxy) is 1. The number of nitrogens with one attached hydrogen (secondary N) is 1. The highest BCUT2D eigenvalue weighted by molar-refractivity contribution is 5.76. The van der Waals surface area contributed by atoms with E-state index in [1.54, 1.807) is 0 Å². The summed E-state index contributed by atoms with van der Waals surface area (Å²) in [6, 6.07) is 0.307. The Bertz CT molecular complexity index is 1030. The van der Waals surface area contributed by atoms with Crippen molar-refractivity contribution < 1.29 is 19.4 Å². The van der Waals surface area contributed by atoms with Gasteiger partial charge in [0.1, 0.15) is 6.10 Å². The normalized spacial score (nSPS) is 49.6. The second kappa shape index (κ2) is 9.37. The minimum absolute atomic E-state index is 0.0296. The van der Waals surface area contributed by atoms with Gasteiger partial charge in [-0.2, -0.15) is 0 Å². The van der Waals surface area contributed by atoms with Crippen LogP contribution in [0.5, 0.6) is 0 Å². The van der Waals surface area contributed by atoms with Gasteiger partial charge in [-0.3, -0.25) is 4.79 Å². The number of carbonyl (C=O) groups is 2. The molecule has 0 aromatic carbocycles. The van der Waals surface area contributed by atoms with Crippen LogP contribution >= 0.6 is 0 Å². The van der Waals surface area contributed by atoms with Crippen LogP contribution in [0.3, 0.4) is 0 Å². The van der Waals surface area contributed by atoms with Crippen molar-refractivity contribution in [1.82, 2.24) is 5.32 Å². The van der Waals surface area contributed by atoms with E-state index in [1.807, 2.05) is 0 Å². The number of carboxylic acids is 1. The molecule has 0 aliphatic heterocycles. The third-order valence-electron chi connectivity index (χ3n) is 15.4. The second-order valence-corrected chi connectivity index (χ2v) is 17.1. The Morgan fingerprint density at radius 1 is 0.800 bits per heavy atom. The molecule has 5 heteroatoms. The molecule has 6 rings (SSSR count). The standard InChI is InChI=1S/C35H57NO4/c1-21(2)23-13-18-35(29(37)38)20-19-33(6)24(28(23)35)11-12-26-32(5)16-15-27(40-30(39)36-22-9-8-10-22)31(3,4)25(32)14-17-34(26,33)7/h21-28H,8-20H2,1-7H3,(H,36,39)(H,37,38)/t23-,24?,25?,26?,27+,28?,32-,33+,34+,35-/m0/s1. The molecule has 6 fully saturated rings. The molecule has 10 atom stereocenters. The Morgan fingerprint density at radius 3 is 2.15 bits per heavy atom. The van der Waals surface area contributed by atoms with Crippen LogP contribution in [-0.4, -0.2) is 29.3 Å². The van der Waals surface area contributed by atoms with Crippen LogP contribution in [0.15, 0.2) is 0 Å². The molecule has 6 aliphatic carbocycles. The first-order chi connectivity index (χ1) is 18.7. The monoisotopic (exact) mass is 555 g/mol. The van der Waals surface area contributed by atoms with E-state index in [1.165, 1.54) is 32.1 Å². The van der Waals surface area contributed by atoms with Crippen molar-refractivity contribution in [1.29, 1.82) is 0 Å². The number of fused-ring (bicyclic) bond motifs is 7. The lowest BCUT2D eigenvalue weighted by atomic mass is 9.32. The molecule has 5 nitrogen and oxygen atoms in total. The van der Waals surface area contributed by atoms with E-state index in [2.05, 4.69) is 53.8 Å². The van der Waals surface area contributed by atoms with Gasteiger partial charge in [-0.25, -0.2) is 4.79 Å². The lowest BCUT2D eigenvalue weighted by molar-refractivity contribution is -0.249. The van der Waals surface area contributed by atoms with Crippen molar-refractivity contribution in [3.8, 4) is 0 Å². The summed E-state index contributed by atoms with van der Waals surface area (Å²) in [5.74, 6) is 2.58. The zero-order chi connectivity index (χ0) is 28.9. The average Bonchev–Trinajstić information content (AvgIpc) is 3.25. The van der Waals surface area contributed by atoms with E-state index in [9.17, 15) is 14.7 Å². The van der Waals surface area contributed by atoms with Gasteiger partial charge in [0, 0.05) is 11.5 Å². The van der Waals surface area contributed by atoms with Crippen LogP contribution < -0.4 is 5.32 Å². The van der Waals surface area contributed by atoms with Gasteiger partial charge < -0.3 is 15.2 Å². The molecule has 0 aromatic rings. The molecule has 4 unspecified atom stereocenters. The van der Waals surface area contributed by atoms with Gasteiger partial charge in [-0.15, -0.1) is 0 Å². The number of rotatable bonds is 4. The molecular weight excluding hydrogens is 498 g/mol. The van der Waals surface area contributed by atoms with Crippen LogP contribution in [0.4, 0.5) is 4.79 Å². The molecule has 2 N–H and O–H groups in total. The lowest BCUT2D eigenvalue weighted by Gasteiger charge is -2.72. The number of carboxylic acid groups (broad SMARTS) is 1. The Kier molecular flexibility index (Phi) is 6.75. The second-order valence-electron chi connectivity index (χ2n) is 17.1. The van der Waals surface area contributed by atoms with Crippen molar-refractivity contribution in [2.75, 3.05) is 0 Å². The summed E-state index contributed by atoms with van der Waals surface area (Å²) in [6.45, 7) is 17.2. The highest BCUT2D eigenvalue weighted by atomic mass is 16.6. The van der Waals surface area contributed by atoms with E-state index < -0.39 is 11.4 Å². The molecule has 6 saturated carbocycles. The minimum atomic E-state index is -0.507. The summed E-state index contributed by atoms with van der Waals surface area (Å²) in [7, 11) is 0. The highest BCUT2D eigenvalue weighted by Crippen LogP contribution is 2.77. The van der Waals surface area contributed by atoms with Crippen molar-refractivity contribution in [2.24, 2.45) is 62.6 Å². The van der Waals surface area contributed by atoms with Gasteiger partial charge in [0.15, 0.2) is 0 Å². The van der Waals surface area contributed by atoms with Crippen molar-refractivity contribution in [2.45, 2.75) is 144 Å². The Balaban J connectivity index is 1.27. The molecule has 0 saturated heterocycles. The lowest BCUT2D eigenvalue weighted by Crippen LogP contribution is -2.67. The van der Waals surface area contributed by atoms with E-state index in [0.717, 1.165) is 51.4 Å². The Labute approximate surface area is 243 Å². The molecule has 226 valence electrons. The van der Waals surface area contributed by atoms with Gasteiger partial charge in [-0.1, -0.05) is 48.5 Å². The molecule has 0 heterocycles. The maximum absolute atomic E-state index is 12.9. The van der Waals surface area contributed by atoms with Crippen LogP contribution in [-0.2, 0) is 9.53 Å². The summed E-state index contributed by atoms with van der Waals surface area (Å²) >= 11 is 0. The van der Waals surface area contributed by atoms with Gasteiger partial charge in [-0.05, 0) is 135 Å². The van der Waals surface area contributed by atoms with Crippen LogP contribution in [0.2, 0.25) is 0 Å². The number of hydrogen-bond donors (Lipinski definition) is 2. The topological polar surface area (TPSA) is 75.6 Å². The molecule has 0 radical (unpaired) electrons. The molecule has 6 aliphatic rings. The third kappa shape index (κ3) is 3.76. The van der Waals surface area contributed by atoms with Gasteiger partial charge in [0.2, 0.25) is 0 Å². The van der Waals surface area contributed by atoms with E-state index in [4.69, 9.17) is 4.74 Å². The first kappa shape index (κ1) is 28.8. The van der Waals surface area contributed by atoms with Gasteiger partial charge in [0.25, 0.3) is 0 Å². The zero-order valence-electron chi connectivity index (χ0n) is 26.5. The summed E-state index contributed by atoms with van der Waals surface area (Å²) in [6.07, 6.45) is 13.9. The molecule has 40 heavy (non-hydrogen) atoms. The van der Waals surface area contributed by atoms with Crippen molar-refractivity contribution in [3.05, 3.63) is 0 Å². The molecule has 0 bridgehead atoms. The summed E-state index contributed by atoms with van der Waals surface area (Å²) in [5.41, 5.74) is 0.0822. The molecule has 1 amide bonds. The summed E-state index contributed by atoms with van der Waals surface area (Å²) < 4.78 is 6.18. The Morgan fingerprint density at radius 2 is 1.52 bits per heavy atom. The maximum atomic E-state index is 12.9. The first-order valence-corrected chi connectivity index (χ1v) is 16.9. The van der Waals surface area contributed by atoms with Gasteiger partial charge in [0.05, 0.1) is 5.41 Å². The summed E-state index contributed by atoms with van der Waals surface area (Å²) in [5, 5.41) is 13.7. The molecular formula is C35H57NO4. The largest absolute Gasteiger partial charge is 0.481 e. The summed E-state index contributed by atoms with van der Waals surface area (Å²) in [4.78, 5) is 25.7. The Hall–Kier alpha value is -1.26. The van der Waals surface area contributed by atoms with Crippen molar-refractivity contribution in [3.63, 3.8) is 0 Å². The number of carbonyl (C=O) groups excluding carboxylic acids is 1. The van der Waals surface area contributed by atoms with E-state index >= 15 is 0 Å². The molecule has 0 spiro atoms. The number of aliphatic carboxylic acids is 1. The highest BCUT2D eigenvalue weighted by Gasteiger charge is 2.72. The smallest absolute Gasteiger partial charge is 0.407 e. The quantitative estimate of drug-likeness (QED) is 0.365. The fourth-order valence-corrected chi connectivity index (χ4v) is 12.8. The fourth-order valence-electron chi connectivity index (χ4n) is 12.8. The van der Waals surface area contributed by atoms with Crippen LogP contribution in [0.25, 0.3) is 0 Å². The zero-order valence-corrected chi connectivity index (χ0v) is 26.5. The van der Waals surface area contributed by atoms with Crippen molar-refractivity contribution >= 4 is 12.1 Å². The van der Waals surface area contributed by atoms with Crippen LogP contribution in [0.1, 0.15) is 132 Å². The van der Waals surface area contributed by atoms with E-state index in [-0.39, 0.29) is 33.9 Å². The number of amides is 1. The predicted octanol–water partition coefficient (Wildman–Crippen LogP) is 8.46. The van der Waals surface area contributed by atoms with Gasteiger partial charge >= 0.3 is 12.1 Å². The maximum Gasteiger partial charge on any atom is 0.407 e. The predicted molar refractivity (Wildman–Crippen MR) is 158 cm³/mol. The van der Waals surface area contributed by atoms with Crippen LogP contribution in [0, 0.1) is 62.6 Å². The third-order valence-corrected chi connectivity index (χ3v) is 15.4. The fraction of sp³-hybridized carbons (Fsp3) is 0.943. The first-order valence-electron chi connectivity index (χ1n) is 16.9. The minimum Gasteiger partial charge on any atom is -0.481 e. The average molecular weight is 556 g/mol. The number of hydrogen-bond acceptors (Lipinski definition) is 3. The SMILES string of the molecule is CC(C)[C@@H]1CC[C@]2(C(=O)O)CC[C@]3(C)C(CCC4[C@@]5(C)CC[C@@H](OC(=O)NC6CCC6)C(C)(C)C5CC[C@]43C)C12. The number of alkyl carbamates (subject to hydrolysis) is 1.